The normalized spacial score (nSPS) is 12.5. The van der Waals surface area contributed by atoms with E-state index in [1.165, 1.54) is 18.1 Å². The highest BCUT2D eigenvalue weighted by atomic mass is 16.6. The molecule has 0 spiro atoms. The number of terminal acetylenes is 1. The number of esters is 1. The van der Waals surface area contributed by atoms with E-state index in [0.29, 0.717) is 17.5 Å². The van der Waals surface area contributed by atoms with Gasteiger partial charge in [0, 0.05) is 12.1 Å². The molecule has 0 aromatic heterocycles. The molecule has 1 aromatic carbocycles. The van der Waals surface area contributed by atoms with E-state index in [1.54, 1.807) is 45.0 Å². The van der Waals surface area contributed by atoms with Crippen molar-refractivity contribution in [2.75, 3.05) is 20.2 Å². The molecule has 0 saturated heterocycles. The molecule has 196 valence electrons. The van der Waals surface area contributed by atoms with Crippen LogP contribution in [0.15, 0.2) is 36.9 Å². The van der Waals surface area contributed by atoms with Gasteiger partial charge in [-0.05, 0) is 50.8 Å². The first kappa shape index (κ1) is 30.2. The molecule has 9 heteroatoms. The van der Waals surface area contributed by atoms with Crippen LogP contribution in [0.2, 0.25) is 0 Å². The van der Waals surface area contributed by atoms with Gasteiger partial charge in [0.25, 0.3) is 0 Å². The van der Waals surface area contributed by atoms with Gasteiger partial charge in [0.2, 0.25) is 11.8 Å². The molecule has 0 aliphatic heterocycles. The number of benzene rings is 1. The fourth-order valence-electron chi connectivity index (χ4n) is 3.37. The molecule has 0 bridgehead atoms. The summed E-state index contributed by atoms with van der Waals surface area (Å²) in [6.07, 6.45) is 6.49. The number of hydrogen-bond acceptors (Lipinski definition) is 6. The number of nitrogens with zero attached hydrogens (tertiary/aromatic N) is 1. The third-order valence-electron chi connectivity index (χ3n) is 4.89. The Morgan fingerprint density at radius 2 is 1.78 bits per heavy atom. The average molecular weight is 500 g/mol. The molecule has 9 nitrogen and oxygen atoms in total. The summed E-state index contributed by atoms with van der Waals surface area (Å²) in [6, 6.07) is 4.47. The molecule has 1 aromatic rings. The second-order valence-electron chi connectivity index (χ2n) is 9.57. The van der Waals surface area contributed by atoms with Crippen LogP contribution in [0.25, 0.3) is 0 Å². The number of amides is 3. The van der Waals surface area contributed by atoms with Gasteiger partial charge in [0.15, 0.2) is 0 Å². The number of alkyl carbamates (subject to hydrolysis) is 1. The van der Waals surface area contributed by atoms with Gasteiger partial charge in [-0.3, -0.25) is 14.4 Å². The highest BCUT2D eigenvalue weighted by molar-refractivity contribution is 5.93. The van der Waals surface area contributed by atoms with Crippen molar-refractivity contribution in [3.63, 3.8) is 0 Å². The Kier molecular flexibility index (Phi) is 11.7. The number of hydrogen-bond donors (Lipinski definition) is 2. The number of rotatable bonds is 11. The van der Waals surface area contributed by atoms with Crippen LogP contribution in [-0.2, 0) is 23.9 Å². The van der Waals surface area contributed by atoms with E-state index in [2.05, 4.69) is 27.9 Å². The summed E-state index contributed by atoms with van der Waals surface area (Å²) >= 11 is 0. The predicted octanol–water partition coefficient (Wildman–Crippen LogP) is 2.95. The molecule has 0 aliphatic carbocycles. The summed E-state index contributed by atoms with van der Waals surface area (Å²) in [6.45, 7) is 12.3. The van der Waals surface area contributed by atoms with Crippen LogP contribution in [0, 0.1) is 18.3 Å². The maximum atomic E-state index is 13.8. The van der Waals surface area contributed by atoms with E-state index in [0.717, 1.165) is 0 Å². The minimum Gasteiger partial charge on any atom is -0.468 e. The number of ether oxygens (including phenoxy) is 2. The highest BCUT2D eigenvalue weighted by Crippen LogP contribution is 2.24. The van der Waals surface area contributed by atoms with Gasteiger partial charge in [-0.15, -0.1) is 13.0 Å². The molecule has 2 unspecified atom stereocenters. The van der Waals surface area contributed by atoms with Crippen molar-refractivity contribution >= 4 is 23.9 Å². The summed E-state index contributed by atoms with van der Waals surface area (Å²) in [7, 11) is 1.21. The van der Waals surface area contributed by atoms with Crippen LogP contribution >= 0.6 is 0 Å². The van der Waals surface area contributed by atoms with Gasteiger partial charge < -0.3 is 25.0 Å². The Labute approximate surface area is 213 Å². The van der Waals surface area contributed by atoms with Gasteiger partial charge in [-0.2, -0.15) is 0 Å². The average Bonchev–Trinajstić information content (AvgIpc) is 2.80. The van der Waals surface area contributed by atoms with E-state index >= 15 is 0 Å². The summed E-state index contributed by atoms with van der Waals surface area (Å²) in [5, 5.41) is 5.16. The Hall–Kier alpha value is -3.80. The smallest absolute Gasteiger partial charge is 0.408 e. The molecule has 0 fully saturated rings. The van der Waals surface area contributed by atoms with Crippen LogP contribution in [0.4, 0.5) is 4.79 Å². The number of methoxy groups -OCH3 is 1. The second-order valence-corrected chi connectivity index (χ2v) is 9.57. The molecule has 0 heterocycles. The van der Waals surface area contributed by atoms with E-state index < -0.39 is 41.6 Å². The molecule has 3 amide bonds. The maximum Gasteiger partial charge on any atom is 0.408 e. The number of carbonyl (C=O) groups is 4. The quantitative estimate of drug-likeness (QED) is 0.275. The van der Waals surface area contributed by atoms with Crippen molar-refractivity contribution in [2.45, 2.75) is 58.7 Å². The first-order valence-electron chi connectivity index (χ1n) is 11.6. The zero-order valence-corrected chi connectivity index (χ0v) is 21.9. The lowest BCUT2D eigenvalue weighted by Gasteiger charge is -2.34. The van der Waals surface area contributed by atoms with Gasteiger partial charge in [-0.1, -0.05) is 38.0 Å². The molecule has 2 N–H and O–H groups in total. The van der Waals surface area contributed by atoms with Crippen molar-refractivity contribution in [1.82, 2.24) is 15.5 Å². The van der Waals surface area contributed by atoms with Crippen LogP contribution in [0.5, 0.6) is 0 Å². The first-order valence-corrected chi connectivity index (χ1v) is 11.6. The fraction of sp³-hybridized carbons (Fsp3) is 0.481. The van der Waals surface area contributed by atoms with Crippen LogP contribution < -0.4 is 10.6 Å². The number of carbonyl (C=O) groups excluding carboxylic acids is 4. The van der Waals surface area contributed by atoms with Crippen molar-refractivity contribution in [2.24, 2.45) is 5.92 Å². The standard InChI is InChI=1S/C27H37N3O6/c1-9-15-30(25(33)21(16-18(3)4)29-26(34)36-27(5,6)7)23(24(32)28-17-22(31)35-8)20-13-11-19(10-2)12-14-20/h2,9,11-14,18,21,23H,1,15-17H2,3-8H3,(H,28,32)(H,29,34). The van der Waals surface area contributed by atoms with Crippen molar-refractivity contribution in [3.05, 3.63) is 48.0 Å². The monoisotopic (exact) mass is 499 g/mol. The highest BCUT2D eigenvalue weighted by Gasteiger charge is 2.36. The zero-order chi connectivity index (χ0) is 27.5. The van der Waals surface area contributed by atoms with E-state index in [-0.39, 0.29) is 19.0 Å². The third-order valence-corrected chi connectivity index (χ3v) is 4.89. The van der Waals surface area contributed by atoms with Gasteiger partial charge >= 0.3 is 12.1 Å². The Bertz CT molecular complexity index is 973. The lowest BCUT2D eigenvalue weighted by atomic mass is 9.98. The Balaban J connectivity index is 3.44. The fourth-order valence-corrected chi connectivity index (χ4v) is 3.37. The largest absolute Gasteiger partial charge is 0.468 e. The Morgan fingerprint density at radius 1 is 1.17 bits per heavy atom. The third kappa shape index (κ3) is 9.82. The van der Waals surface area contributed by atoms with E-state index in [1.807, 2.05) is 13.8 Å². The summed E-state index contributed by atoms with van der Waals surface area (Å²) in [5.74, 6) is 0.794. The lowest BCUT2D eigenvalue weighted by Crippen LogP contribution is -2.53. The van der Waals surface area contributed by atoms with E-state index in [9.17, 15) is 19.2 Å². The maximum absolute atomic E-state index is 13.8. The van der Waals surface area contributed by atoms with Crippen molar-refractivity contribution in [1.29, 1.82) is 0 Å². The van der Waals surface area contributed by atoms with Gasteiger partial charge in [0.05, 0.1) is 7.11 Å². The molecule has 0 radical (unpaired) electrons. The summed E-state index contributed by atoms with van der Waals surface area (Å²) in [4.78, 5) is 52.6. The van der Waals surface area contributed by atoms with Crippen molar-refractivity contribution < 1.29 is 28.7 Å². The second kappa shape index (κ2) is 13.9. The van der Waals surface area contributed by atoms with Crippen LogP contribution in [0.3, 0.4) is 0 Å². The Morgan fingerprint density at radius 3 is 2.25 bits per heavy atom. The molecular formula is C27H37N3O6. The summed E-state index contributed by atoms with van der Waals surface area (Å²) < 4.78 is 9.95. The SMILES string of the molecule is C#Cc1ccc(C(C(=O)NCC(=O)OC)N(CC=C)C(=O)C(CC(C)C)NC(=O)OC(C)(C)C)cc1. The molecular weight excluding hydrogens is 462 g/mol. The van der Waals surface area contributed by atoms with Crippen LogP contribution in [0.1, 0.15) is 58.2 Å². The lowest BCUT2D eigenvalue weighted by molar-refractivity contribution is -0.144. The molecule has 36 heavy (non-hydrogen) atoms. The molecule has 0 aliphatic rings. The topological polar surface area (TPSA) is 114 Å². The molecule has 1 rings (SSSR count). The van der Waals surface area contributed by atoms with Gasteiger partial charge in [-0.25, -0.2) is 4.79 Å². The van der Waals surface area contributed by atoms with Crippen molar-refractivity contribution in [3.8, 4) is 12.3 Å². The van der Waals surface area contributed by atoms with E-state index in [4.69, 9.17) is 11.2 Å². The number of nitrogens with one attached hydrogen (secondary N) is 2. The molecule has 0 saturated carbocycles. The zero-order valence-electron chi connectivity index (χ0n) is 21.9. The van der Waals surface area contributed by atoms with Crippen LogP contribution in [-0.4, -0.2) is 60.6 Å². The van der Waals surface area contributed by atoms with Gasteiger partial charge in [0.1, 0.15) is 24.2 Å². The minimum atomic E-state index is -1.14. The summed E-state index contributed by atoms with van der Waals surface area (Å²) in [5.41, 5.74) is 0.302. The minimum absolute atomic E-state index is 0.00335. The predicted molar refractivity (Wildman–Crippen MR) is 137 cm³/mol. The molecule has 2 atom stereocenters. The first-order chi connectivity index (χ1) is 16.8.